The van der Waals surface area contributed by atoms with E-state index >= 15 is 0 Å². The van der Waals surface area contributed by atoms with Gasteiger partial charge in [0.2, 0.25) is 0 Å². The molecule has 0 atom stereocenters. The standard InChI is InChI=1S/C15H12ClFN2OS/c1-7-8(2)21-15-12(7)13(16)18-14(19-15)10-5-4-9(20-3)6-11(10)17/h4-6H,1-3H3. The fraction of sp³-hybridized carbons (Fsp3) is 0.200. The zero-order chi connectivity index (χ0) is 15.1. The van der Waals surface area contributed by atoms with Gasteiger partial charge >= 0.3 is 0 Å². The van der Waals surface area contributed by atoms with Crippen molar-refractivity contribution in [2.45, 2.75) is 13.8 Å². The van der Waals surface area contributed by atoms with Gasteiger partial charge in [-0.3, -0.25) is 0 Å². The van der Waals surface area contributed by atoms with E-state index in [0.29, 0.717) is 16.5 Å². The Morgan fingerprint density at radius 2 is 2.00 bits per heavy atom. The molecular formula is C15H12ClFN2OS. The Labute approximate surface area is 130 Å². The number of halogens is 2. The van der Waals surface area contributed by atoms with Gasteiger partial charge < -0.3 is 4.74 Å². The molecule has 0 fully saturated rings. The number of hydrogen-bond donors (Lipinski definition) is 0. The number of aryl methyl sites for hydroxylation is 2. The summed E-state index contributed by atoms with van der Waals surface area (Å²) in [6, 6.07) is 4.57. The summed E-state index contributed by atoms with van der Waals surface area (Å²) in [5, 5.41) is 1.20. The zero-order valence-corrected chi connectivity index (χ0v) is 13.3. The van der Waals surface area contributed by atoms with Crippen molar-refractivity contribution in [3.8, 4) is 17.1 Å². The van der Waals surface area contributed by atoms with Gasteiger partial charge in [0.25, 0.3) is 0 Å². The lowest BCUT2D eigenvalue weighted by molar-refractivity contribution is 0.411. The molecule has 108 valence electrons. The lowest BCUT2D eigenvalue weighted by Gasteiger charge is -2.05. The van der Waals surface area contributed by atoms with Crippen LogP contribution in [0.3, 0.4) is 0 Å². The Balaban J connectivity index is 2.21. The predicted molar refractivity (Wildman–Crippen MR) is 83.8 cm³/mol. The first kappa shape index (κ1) is 14.2. The van der Waals surface area contributed by atoms with Gasteiger partial charge in [-0.15, -0.1) is 11.3 Å². The molecule has 0 unspecified atom stereocenters. The van der Waals surface area contributed by atoms with E-state index < -0.39 is 5.82 Å². The number of nitrogens with zero attached hydrogens (tertiary/aromatic N) is 2. The van der Waals surface area contributed by atoms with Crippen molar-refractivity contribution < 1.29 is 9.13 Å². The highest BCUT2D eigenvalue weighted by atomic mass is 35.5. The zero-order valence-electron chi connectivity index (χ0n) is 11.7. The van der Waals surface area contributed by atoms with Gasteiger partial charge in [0, 0.05) is 10.9 Å². The molecule has 2 aromatic heterocycles. The highest BCUT2D eigenvalue weighted by molar-refractivity contribution is 7.18. The first-order valence-corrected chi connectivity index (χ1v) is 7.48. The monoisotopic (exact) mass is 322 g/mol. The molecule has 3 rings (SSSR count). The van der Waals surface area contributed by atoms with E-state index in [1.165, 1.54) is 24.5 Å². The average molecular weight is 323 g/mol. The summed E-state index contributed by atoms with van der Waals surface area (Å²) < 4.78 is 19.1. The first-order valence-electron chi connectivity index (χ1n) is 6.28. The second-order valence-corrected chi connectivity index (χ2v) is 6.21. The van der Waals surface area contributed by atoms with Crippen LogP contribution in [0.4, 0.5) is 4.39 Å². The van der Waals surface area contributed by atoms with E-state index in [2.05, 4.69) is 9.97 Å². The van der Waals surface area contributed by atoms with Crippen LogP contribution < -0.4 is 4.74 Å². The molecule has 3 aromatic rings. The minimum Gasteiger partial charge on any atom is -0.497 e. The minimum absolute atomic E-state index is 0.286. The summed E-state index contributed by atoms with van der Waals surface area (Å²) in [7, 11) is 1.49. The molecule has 0 N–H and O–H groups in total. The molecule has 0 spiro atoms. The maximum absolute atomic E-state index is 14.1. The van der Waals surface area contributed by atoms with Crippen LogP contribution in [-0.4, -0.2) is 17.1 Å². The Bertz CT molecular complexity index is 847. The van der Waals surface area contributed by atoms with Crippen molar-refractivity contribution in [2.75, 3.05) is 7.11 Å². The first-order chi connectivity index (χ1) is 10.0. The van der Waals surface area contributed by atoms with E-state index in [1.807, 2.05) is 13.8 Å². The lowest BCUT2D eigenvalue weighted by atomic mass is 10.1. The molecule has 0 aliphatic carbocycles. The van der Waals surface area contributed by atoms with Crippen molar-refractivity contribution in [3.63, 3.8) is 0 Å². The third-order valence-electron chi connectivity index (χ3n) is 3.40. The van der Waals surface area contributed by atoms with Gasteiger partial charge in [-0.2, -0.15) is 0 Å². The third-order valence-corrected chi connectivity index (χ3v) is 4.78. The Morgan fingerprint density at radius 3 is 2.67 bits per heavy atom. The summed E-state index contributed by atoms with van der Waals surface area (Å²) in [5.41, 5.74) is 1.38. The summed E-state index contributed by atoms with van der Waals surface area (Å²) in [5.74, 6) is 0.301. The van der Waals surface area contributed by atoms with E-state index in [-0.39, 0.29) is 5.82 Å². The molecule has 0 bridgehead atoms. The van der Waals surface area contributed by atoms with Crippen LogP contribution in [0.2, 0.25) is 5.15 Å². The molecule has 0 aliphatic heterocycles. The van der Waals surface area contributed by atoms with Crippen LogP contribution in [0.25, 0.3) is 21.6 Å². The van der Waals surface area contributed by atoms with Gasteiger partial charge in [-0.25, -0.2) is 14.4 Å². The molecule has 2 heterocycles. The summed E-state index contributed by atoms with van der Waals surface area (Å²) >= 11 is 7.78. The van der Waals surface area contributed by atoms with Crippen molar-refractivity contribution in [3.05, 3.63) is 39.6 Å². The van der Waals surface area contributed by atoms with Gasteiger partial charge in [-0.1, -0.05) is 11.6 Å². The number of rotatable bonds is 2. The second kappa shape index (κ2) is 5.24. The molecular weight excluding hydrogens is 311 g/mol. The number of aromatic nitrogens is 2. The fourth-order valence-electron chi connectivity index (χ4n) is 2.13. The van der Waals surface area contributed by atoms with Crippen molar-refractivity contribution >= 4 is 33.2 Å². The predicted octanol–water partition coefficient (Wildman–Crippen LogP) is 4.78. The molecule has 0 amide bonds. The van der Waals surface area contributed by atoms with E-state index in [9.17, 15) is 4.39 Å². The molecule has 0 radical (unpaired) electrons. The molecule has 1 aromatic carbocycles. The summed E-state index contributed by atoms with van der Waals surface area (Å²) in [6.45, 7) is 3.99. The van der Waals surface area contributed by atoms with Gasteiger partial charge in [0.15, 0.2) is 5.82 Å². The highest BCUT2D eigenvalue weighted by Gasteiger charge is 2.16. The van der Waals surface area contributed by atoms with Crippen LogP contribution >= 0.6 is 22.9 Å². The highest BCUT2D eigenvalue weighted by Crippen LogP contribution is 2.35. The van der Waals surface area contributed by atoms with Gasteiger partial charge in [0.1, 0.15) is 21.6 Å². The fourth-order valence-corrected chi connectivity index (χ4v) is 3.52. The molecule has 6 heteroatoms. The Kier molecular flexibility index (Phi) is 3.55. The van der Waals surface area contributed by atoms with Crippen molar-refractivity contribution in [1.29, 1.82) is 0 Å². The quantitative estimate of drug-likeness (QED) is 0.637. The Hall–Kier alpha value is -1.72. The van der Waals surface area contributed by atoms with Gasteiger partial charge in [-0.05, 0) is 31.5 Å². The van der Waals surface area contributed by atoms with Crippen molar-refractivity contribution in [2.24, 2.45) is 0 Å². The smallest absolute Gasteiger partial charge is 0.165 e. The molecule has 0 aliphatic rings. The number of hydrogen-bond acceptors (Lipinski definition) is 4. The van der Waals surface area contributed by atoms with Crippen LogP contribution in [0.1, 0.15) is 10.4 Å². The third kappa shape index (κ3) is 2.36. The van der Waals surface area contributed by atoms with Gasteiger partial charge in [0.05, 0.1) is 18.1 Å². The minimum atomic E-state index is -0.435. The maximum Gasteiger partial charge on any atom is 0.165 e. The molecule has 0 saturated heterocycles. The summed E-state index contributed by atoms with van der Waals surface area (Å²) in [6.07, 6.45) is 0. The number of ether oxygens (including phenoxy) is 1. The SMILES string of the molecule is COc1ccc(-c2nc(Cl)c3c(C)c(C)sc3n2)c(F)c1. The number of fused-ring (bicyclic) bond motifs is 1. The van der Waals surface area contributed by atoms with E-state index in [4.69, 9.17) is 16.3 Å². The maximum atomic E-state index is 14.1. The largest absolute Gasteiger partial charge is 0.497 e. The summed E-state index contributed by atoms with van der Waals surface area (Å²) in [4.78, 5) is 10.6. The second-order valence-electron chi connectivity index (χ2n) is 4.65. The number of thiophene rings is 1. The van der Waals surface area contributed by atoms with Crippen molar-refractivity contribution in [1.82, 2.24) is 9.97 Å². The molecule has 3 nitrogen and oxygen atoms in total. The van der Waals surface area contributed by atoms with E-state index in [0.717, 1.165) is 20.7 Å². The number of benzene rings is 1. The molecule has 0 saturated carbocycles. The van der Waals surface area contributed by atoms with E-state index in [1.54, 1.807) is 12.1 Å². The van der Waals surface area contributed by atoms with Crippen LogP contribution in [0, 0.1) is 19.7 Å². The lowest BCUT2D eigenvalue weighted by Crippen LogP contribution is -1.94. The average Bonchev–Trinajstić information content (AvgIpc) is 2.74. The number of methoxy groups -OCH3 is 1. The normalized spacial score (nSPS) is 11.1. The molecule has 21 heavy (non-hydrogen) atoms. The van der Waals surface area contributed by atoms with Crippen LogP contribution in [0.5, 0.6) is 5.75 Å². The Morgan fingerprint density at radius 1 is 1.24 bits per heavy atom. The van der Waals surface area contributed by atoms with Crippen LogP contribution in [-0.2, 0) is 0 Å². The topological polar surface area (TPSA) is 35.0 Å². The van der Waals surface area contributed by atoms with Crippen LogP contribution in [0.15, 0.2) is 18.2 Å².